The van der Waals surface area contributed by atoms with E-state index in [0.717, 1.165) is 23.3 Å². The molecule has 0 unspecified atom stereocenters. The van der Waals surface area contributed by atoms with Crippen LogP contribution in [-0.4, -0.2) is 5.78 Å². The predicted octanol–water partition coefficient (Wildman–Crippen LogP) is 4.17. The third-order valence-corrected chi connectivity index (χ3v) is 2.67. The van der Waals surface area contributed by atoms with Crippen molar-refractivity contribution >= 4 is 11.9 Å². The number of hydrogen-bond acceptors (Lipinski definition) is 1. The average molecular weight is 258 g/mol. The molecule has 0 aliphatic rings. The van der Waals surface area contributed by atoms with Gasteiger partial charge in [0.15, 0.2) is 17.4 Å². The van der Waals surface area contributed by atoms with Crippen molar-refractivity contribution in [3.8, 4) is 0 Å². The Kier molecular flexibility index (Phi) is 3.85. The Morgan fingerprint density at radius 2 is 1.84 bits per heavy atom. The van der Waals surface area contributed by atoms with Gasteiger partial charge in [0, 0.05) is 5.56 Å². The lowest BCUT2D eigenvalue weighted by Gasteiger charge is -1.98. The molecule has 0 aliphatic heterocycles. The van der Waals surface area contributed by atoms with Crippen molar-refractivity contribution in [1.29, 1.82) is 0 Å². The van der Waals surface area contributed by atoms with Crippen molar-refractivity contribution in [2.45, 2.75) is 6.92 Å². The van der Waals surface area contributed by atoms with Crippen molar-refractivity contribution in [3.05, 3.63) is 76.9 Å². The SMILES string of the molecule is Cc1cccc(C=CC(=O)c2ccc(F)c(F)c2)c1. The maximum Gasteiger partial charge on any atom is 0.185 e. The number of hydrogen-bond donors (Lipinski definition) is 0. The summed E-state index contributed by atoms with van der Waals surface area (Å²) in [7, 11) is 0. The van der Waals surface area contributed by atoms with Crippen molar-refractivity contribution in [1.82, 2.24) is 0 Å². The first-order valence-electron chi connectivity index (χ1n) is 5.80. The molecule has 0 aromatic heterocycles. The summed E-state index contributed by atoms with van der Waals surface area (Å²) >= 11 is 0. The van der Waals surface area contributed by atoms with Crippen molar-refractivity contribution < 1.29 is 13.6 Å². The molecular weight excluding hydrogens is 246 g/mol. The van der Waals surface area contributed by atoms with Crippen LogP contribution in [0.5, 0.6) is 0 Å². The van der Waals surface area contributed by atoms with Gasteiger partial charge in [-0.2, -0.15) is 0 Å². The van der Waals surface area contributed by atoms with Gasteiger partial charge in [-0.3, -0.25) is 4.79 Å². The Bertz CT molecular complexity index is 645. The lowest BCUT2D eigenvalue weighted by molar-refractivity contribution is 0.104. The van der Waals surface area contributed by atoms with Gasteiger partial charge in [0.05, 0.1) is 0 Å². The maximum absolute atomic E-state index is 13.0. The van der Waals surface area contributed by atoms with Gasteiger partial charge < -0.3 is 0 Å². The lowest BCUT2D eigenvalue weighted by Crippen LogP contribution is -1.96. The standard InChI is InChI=1S/C16H12F2O/c1-11-3-2-4-12(9-11)5-8-16(19)13-6-7-14(17)15(18)10-13/h2-10H,1H3. The summed E-state index contributed by atoms with van der Waals surface area (Å²) in [6.45, 7) is 1.95. The van der Waals surface area contributed by atoms with Gasteiger partial charge in [0.25, 0.3) is 0 Å². The summed E-state index contributed by atoms with van der Waals surface area (Å²) in [5.41, 5.74) is 2.10. The molecule has 0 fully saturated rings. The first kappa shape index (κ1) is 13.1. The zero-order valence-electron chi connectivity index (χ0n) is 10.4. The van der Waals surface area contributed by atoms with E-state index in [1.165, 1.54) is 12.1 Å². The number of halogens is 2. The number of rotatable bonds is 3. The highest BCUT2D eigenvalue weighted by atomic mass is 19.2. The van der Waals surface area contributed by atoms with Gasteiger partial charge in [0.1, 0.15) is 0 Å². The Morgan fingerprint density at radius 1 is 1.05 bits per heavy atom. The number of allylic oxidation sites excluding steroid dienone is 1. The molecular formula is C16H12F2O. The second-order valence-electron chi connectivity index (χ2n) is 4.24. The van der Waals surface area contributed by atoms with Gasteiger partial charge in [-0.25, -0.2) is 8.78 Å². The minimum Gasteiger partial charge on any atom is -0.289 e. The van der Waals surface area contributed by atoms with Crippen LogP contribution in [0.2, 0.25) is 0 Å². The van der Waals surface area contributed by atoms with E-state index in [-0.39, 0.29) is 11.3 Å². The molecule has 0 spiro atoms. The van der Waals surface area contributed by atoms with E-state index in [4.69, 9.17) is 0 Å². The fourth-order valence-electron chi connectivity index (χ4n) is 1.69. The predicted molar refractivity (Wildman–Crippen MR) is 70.9 cm³/mol. The minimum absolute atomic E-state index is 0.128. The van der Waals surface area contributed by atoms with Crippen LogP contribution in [0, 0.1) is 18.6 Å². The Morgan fingerprint density at radius 3 is 2.53 bits per heavy atom. The molecule has 0 radical (unpaired) electrons. The molecule has 3 heteroatoms. The molecule has 0 atom stereocenters. The van der Waals surface area contributed by atoms with E-state index in [1.807, 2.05) is 31.2 Å². The molecule has 2 aromatic rings. The lowest BCUT2D eigenvalue weighted by atomic mass is 10.1. The fraction of sp³-hybridized carbons (Fsp3) is 0.0625. The summed E-state index contributed by atoms with van der Waals surface area (Å²) in [6.07, 6.45) is 3.00. The molecule has 2 aromatic carbocycles. The van der Waals surface area contributed by atoms with Gasteiger partial charge in [-0.1, -0.05) is 35.9 Å². The van der Waals surface area contributed by atoms with Crippen LogP contribution >= 0.6 is 0 Å². The summed E-state index contributed by atoms with van der Waals surface area (Å²) in [5.74, 6) is -2.34. The smallest absolute Gasteiger partial charge is 0.185 e. The highest BCUT2D eigenvalue weighted by molar-refractivity contribution is 6.06. The molecule has 0 heterocycles. The quantitative estimate of drug-likeness (QED) is 0.596. The highest BCUT2D eigenvalue weighted by Crippen LogP contribution is 2.11. The number of benzene rings is 2. The third-order valence-electron chi connectivity index (χ3n) is 2.67. The monoisotopic (exact) mass is 258 g/mol. The van der Waals surface area contributed by atoms with Gasteiger partial charge >= 0.3 is 0 Å². The van der Waals surface area contributed by atoms with Crippen molar-refractivity contribution in [3.63, 3.8) is 0 Å². The van der Waals surface area contributed by atoms with E-state index in [2.05, 4.69) is 0 Å². The molecule has 96 valence electrons. The zero-order chi connectivity index (χ0) is 13.8. The zero-order valence-corrected chi connectivity index (χ0v) is 10.4. The number of aryl methyl sites for hydroxylation is 1. The first-order valence-corrected chi connectivity index (χ1v) is 5.80. The number of carbonyl (C=O) groups excluding carboxylic acids is 1. The normalized spacial score (nSPS) is 10.9. The van der Waals surface area contributed by atoms with Crippen LogP contribution in [0.3, 0.4) is 0 Å². The second-order valence-corrected chi connectivity index (χ2v) is 4.24. The Balaban J connectivity index is 2.19. The highest BCUT2D eigenvalue weighted by Gasteiger charge is 2.06. The summed E-state index contributed by atoms with van der Waals surface area (Å²) in [6, 6.07) is 10.7. The topological polar surface area (TPSA) is 17.1 Å². The molecule has 19 heavy (non-hydrogen) atoms. The van der Waals surface area contributed by atoms with Gasteiger partial charge in [0.2, 0.25) is 0 Å². The minimum atomic E-state index is -1.02. The van der Waals surface area contributed by atoms with Crippen molar-refractivity contribution in [2.75, 3.05) is 0 Å². The van der Waals surface area contributed by atoms with E-state index >= 15 is 0 Å². The maximum atomic E-state index is 13.0. The first-order chi connectivity index (χ1) is 9.06. The van der Waals surface area contributed by atoms with E-state index in [9.17, 15) is 13.6 Å². The summed E-state index contributed by atoms with van der Waals surface area (Å²) < 4.78 is 25.8. The second kappa shape index (κ2) is 5.57. The van der Waals surface area contributed by atoms with E-state index in [0.29, 0.717) is 0 Å². The summed E-state index contributed by atoms with van der Waals surface area (Å²) in [4.78, 5) is 11.8. The molecule has 0 N–H and O–H groups in total. The molecule has 0 aliphatic carbocycles. The molecule has 0 bridgehead atoms. The molecule has 2 rings (SSSR count). The van der Waals surface area contributed by atoms with Crippen LogP contribution in [0.4, 0.5) is 8.78 Å². The van der Waals surface area contributed by atoms with Crippen LogP contribution in [0.15, 0.2) is 48.5 Å². The van der Waals surface area contributed by atoms with Gasteiger partial charge in [-0.05, 0) is 36.8 Å². The van der Waals surface area contributed by atoms with Gasteiger partial charge in [-0.15, -0.1) is 0 Å². The molecule has 0 saturated heterocycles. The van der Waals surface area contributed by atoms with Crippen LogP contribution in [0.1, 0.15) is 21.5 Å². The molecule has 0 amide bonds. The largest absolute Gasteiger partial charge is 0.289 e. The fourth-order valence-corrected chi connectivity index (χ4v) is 1.69. The Labute approximate surface area is 110 Å². The Hall–Kier alpha value is -2.29. The summed E-state index contributed by atoms with van der Waals surface area (Å²) in [5, 5.41) is 0. The van der Waals surface area contributed by atoms with Crippen LogP contribution in [-0.2, 0) is 0 Å². The average Bonchev–Trinajstić information content (AvgIpc) is 2.39. The number of ketones is 1. The third kappa shape index (κ3) is 3.35. The molecule has 0 saturated carbocycles. The van der Waals surface area contributed by atoms with E-state index < -0.39 is 11.6 Å². The molecule has 1 nitrogen and oxygen atoms in total. The number of carbonyl (C=O) groups is 1. The van der Waals surface area contributed by atoms with Crippen LogP contribution < -0.4 is 0 Å². The van der Waals surface area contributed by atoms with Crippen LogP contribution in [0.25, 0.3) is 6.08 Å². The van der Waals surface area contributed by atoms with E-state index in [1.54, 1.807) is 6.08 Å². The van der Waals surface area contributed by atoms with Crippen molar-refractivity contribution in [2.24, 2.45) is 0 Å².